The van der Waals surface area contributed by atoms with Crippen LogP contribution in [0, 0.1) is 13.8 Å². The highest BCUT2D eigenvalue weighted by atomic mass is 16.6. The number of hydrogen-bond acceptors (Lipinski definition) is 4. The molecule has 1 aromatic heterocycles. The maximum Gasteiger partial charge on any atom is 0.125 e. The van der Waals surface area contributed by atoms with E-state index in [4.69, 9.17) is 4.84 Å². The van der Waals surface area contributed by atoms with Gasteiger partial charge in [-0.1, -0.05) is 0 Å². The van der Waals surface area contributed by atoms with E-state index >= 15 is 0 Å². The number of nitrogens with zero attached hydrogens (tertiary/aromatic N) is 2. The monoisotopic (exact) mass is 167 g/mol. The van der Waals surface area contributed by atoms with Crippen LogP contribution in [0.25, 0.3) is 0 Å². The van der Waals surface area contributed by atoms with E-state index in [0.717, 1.165) is 17.1 Å². The van der Waals surface area contributed by atoms with E-state index < -0.39 is 0 Å². The normalized spacial score (nSPS) is 10.2. The summed E-state index contributed by atoms with van der Waals surface area (Å²) < 4.78 is 0. The van der Waals surface area contributed by atoms with Crippen LogP contribution in [0.5, 0.6) is 0 Å². The van der Waals surface area contributed by atoms with Crippen LogP contribution in [0.1, 0.15) is 17.1 Å². The molecule has 1 heterocycles. The van der Waals surface area contributed by atoms with Crippen molar-refractivity contribution in [2.75, 3.05) is 7.11 Å². The molecule has 4 heteroatoms. The fourth-order valence-corrected chi connectivity index (χ4v) is 0.932. The van der Waals surface area contributed by atoms with Gasteiger partial charge in [0.1, 0.15) is 5.82 Å². The van der Waals surface area contributed by atoms with E-state index in [1.165, 1.54) is 0 Å². The van der Waals surface area contributed by atoms with Crippen molar-refractivity contribution < 1.29 is 4.84 Å². The molecule has 12 heavy (non-hydrogen) atoms. The van der Waals surface area contributed by atoms with Crippen LogP contribution in [0.3, 0.4) is 0 Å². The molecular formula is C8H13N3O. The number of nitrogens with one attached hydrogen (secondary N) is 1. The quantitative estimate of drug-likeness (QED) is 0.675. The van der Waals surface area contributed by atoms with Gasteiger partial charge in [-0.25, -0.2) is 9.97 Å². The van der Waals surface area contributed by atoms with Crippen LogP contribution in [-0.2, 0) is 11.4 Å². The van der Waals surface area contributed by atoms with Crippen LogP contribution in [0.4, 0.5) is 0 Å². The van der Waals surface area contributed by atoms with Gasteiger partial charge in [0, 0.05) is 24.0 Å². The third kappa shape index (κ3) is 2.25. The van der Waals surface area contributed by atoms with E-state index in [0.29, 0.717) is 6.54 Å². The lowest BCUT2D eigenvalue weighted by atomic mass is 10.2. The lowest BCUT2D eigenvalue weighted by Crippen LogP contribution is -2.12. The minimum Gasteiger partial charge on any atom is -0.305 e. The molecule has 0 atom stereocenters. The van der Waals surface area contributed by atoms with Crippen LogP contribution in [-0.4, -0.2) is 17.1 Å². The molecule has 0 radical (unpaired) electrons. The molecule has 4 nitrogen and oxygen atoms in total. The average molecular weight is 167 g/mol. The summed E-state index contributed by atoms with van der Waals surface area (Å²) in [5.41, 5.74) is 4.80. The van der Waals surface area contributed by atoms with E-state index in [1.807, 2.05) is 20.0 Å². The Balaban J connectivity index is 2.72. The van der Waals surface area contributed by atoms with Gasteiger partial charge in [0.2, 0.25) is 0 Å². The third-order valence-electron chi connectivity index (χ3n) is 1.61. The van der Waals surface area contributed by atoms with Crippen molar-refractivity contribution in [3.63, 3.8) is 0 Å². The SMILES string of the molecule is CONCc1cnc(C)nc1C. The lowest BCUT2D eigenvalue weighted by molar-refractivity contribution is 0.0864. The molecule has 0 spiro atoms. The van der Waals surface area contributed by atoms with E-state index in [2.05, 4.69) is 15.4 Å². The standard InChI is InChI=1S/C8H13N3O/c1-6-8(5-10-12-3)4-9-7(2)11-6/h4,10H,5H2,1-3H3. The molecule has 1 N–H and O–H groups in total. The minimum absolute atomic E-state index is 0.641. The van der Waals surface area contributed by atoms with Gasteiger partial charge >= 0.3 is 0 Å². The Morgan fingerprint density at radius 3 is 2.83 bits per heavy atom. The van der Waals surface area contributed by atoms with Crippen LogP contribution >= 0.6 is 0 Å². The van der Waals surface area contributed by atoms with Gasteiger partial charge in [-0.15, -0.1) is 0 Å². The molecule has 1 rings (SSSR count). The second-order valence-corrected chi connectivity index (χ2v) is 2.55. The summed E-state index contributed by atoms with van der Waals surface area (Å²) in [6, 6.07) is 0. The first-order chi connectivity index (χ1) is 5.74. The largest absolute Gasteiger partial charge is 0.305 e. The first-order valence-corrected chi connectivity index (χ1v) is 3.79. The van der Waals surface area contributed by atoms with Crippen molar-refractivity contribution in [1.82, 2.24) is 15.4 Å². The maximum atomic E-state index is 4.73. The Hall–Kier alpha value is -1.00. The summed E-state index contributed by atoms with van der Waals surface area (Å²) in [7, 11) is 1.59. The number of hydroxylamine groups is 1. The van der Waals surface area contributed by atoms with E-state index in [1.54, 1.807) is 7.11 Å². The predicted molar refractivity (Wildman–Crippen MR) is 45.4 cm³/mol. The fourth-order valence-electron chi connectivity index (χ4n) is 0.932. The van der Waals surface area contributed by atoms with Crippen LogP contribution in [0.2, 0.25) is 0 Å². The summed E-state index contributed by atoms with van der Waals surface area (Å²) in [6.07, 6.45) is 1.81. The molecule has 0 bridgehead atoms. The van der Waals surface area contributed by atoms with Crippen LogP contribution in [0.15, 0.2) is 6.20 Å². The number of aryl methyl sites for hydroxylation is 2. The van der Waals surface area contributed by atoms with Gasteiger partial charge in [0.15, 0.2) is 0 Å². The fraction of sp³-hybridized carbons (Fsp3) is 0.500. The zero-order valence-electron chi connectivity index (χ0n) is 7.59. The molecule has 0 aliphatic heterocycles. The first kappa shape index (κ1) is 9.09. The second-order valence-electron chi connectivity index (χ2n) is 2.55. The molecule has 0 saturated heterocycles. The Morgan fingerprint density at radius 2 is 2.25 bits per heavy atom. The molecule has 0 aromatic carbocycles. The van der Waals surface area contributed by atoms with Crippen molar-refractivity contribution in [1.29, 1.82) is 0 Å². The number of aromatic nitrogens is 2. The average Bonchev–Trinajstić information content (AvgIpc) is 2.03. The Bertz CT molecular complexity index is 262. The highest BCUT2D eigenvalue weighted by molar-refractivity contribution is 5.15. The Morgan fingerprint density at radius 1 is 1.50 bits per heavy atom. The molecule has 0 aliphatic rings. The van der Waals surface area contributed by atoms with Crippen molar-refractivity contribution in [3.05, 3.63) is 23.3 Å². The number of rotatable bonds is 3. The maximum absolute atomic E-state index is 4.73. The van der Waals surface area contributed by atoms with Gasteiger partial charge in [-0.2, -0.15) is 5.48 Å². The molecule has 0 amide bonds. The molecule has 0 fully saturated rings. The van der Waals surface area contributed by atoms with E-state index in [-0.39, 0.29) is 0 Å². The Kier molecular flexibility index (Phi) is 3.13. The van der Waals surface area contributed by atoms with Gasteiger partial charge in [-0.3, -0.25) is 0 Å². The number of hydrogen-bond donors (Lipinski definition) is 1. The molecular weight excluding hydrogens is 154 g/mol. The van der Waals surface area contributed by atoms with Gasteiger partial charge < -0.3 is 4.84 Å². The molecule has 0 aliphatic carbocycles. The summed E-state index contributed by atoms with van der Waals surface area (Å²) in [6.45, 7) is 4.48. The smallest absolute Gasteiger partial charge is 0.125 e. The zero-order chi connectivity index (χ0) is 8.97. The van der Waals surface area contributed by atoms with Gasteiger partial charge in [0.25, 0.3) is 0 Å². The summed E-state index contributed by atoms with van der Waals surface area (Å²) in [5.74, 6) is 0.800. The van der Waals surface area contributed by atoms with E-state index in [9.17, 15) is 0 Å². The van der Waals surface area contributed by atoms with Crippen LogP contribution < -0.4 is 5.48 Å². The van der Waals surface area contributed by atoms with Crippen molar-refractivity contribution in [2.45, 2.75) is 20.4 Å². The molecule has 66 valence electrons. The Labute approximate surface area is 71.9 Å². The molecule has 0 saturated carbocycles. The van der Waals surface area contributed by atoms with Crippen molar-refractivity contribution in [2.24, 2.45) is 0 Å². The predicted octanol–water partition coefficient (Wildman–Crippen LogP) is 0.744. The highest BCUT2D eigenvalue weighted by Crippen LogP contribution is 2.02. The molecule has 1 aromatic rings. The third-order valence-corrected chi connectivity index (χ3v) is 1.61. The van der Waals surface area contributed by atoms with Crippen molar-refractivity contribution in [3.8, 4) is 0 Å². The second kappa shape index (κ2) is 4.13. The summed E-state index contributed by atoms with van der Waals surface area (Å²) in [5, 5.41) is 0. The summed E-state index contributed by atoms with van der Waals surface area (Å²) >= 11 is 0. The zero-order valence-corrected chi connectivity index (χ0v) is 7.59. The van der Waals surface area contributed by atoms with Gasteiger partial charge in [0.05, 0.1) is 7.11 Å². The summed E-state index contributed by atoms with van der Waals surface area (Å²) in [4.78, 5) is 13.0. The lowest BCUT2D eigenvalue weighted by Gasteiger charge is -2.04. The van der Waals surface area contributed by atoms with Crippen molar-refractivity contribution >= 4 is 0 Å². The minimum atomic E-state index is 0.641. The van der Waals surface area contributed by atoms with Gasteiger partial charge in [-0.05, 0) is 13.8 Å². The first-order valence-electron chi connectivity index (χ1n) is 3.79. The molecule has 0 unspecified atom stereocenters. The highest BCUT2D eigenvalue weighted by Gasteiger charge is 1.99. The topological polar surface area (TPSA) is 47.0 Å².